The normalized spacial score (nSPS) is 28.8. The van der Waals surface area contributed by atoms with Crippen LogP contribution in [0.3, 0.4) is 0 Å². The minimum Gasteiger partial charge on any atom is -0.370 e. The first kappa shape index (κ1) is 18.4. The zero-order chi connectivity index (χ0) is 17.0. The molecule has 3 atom stereocenters. The minimum atomic E-state index is -3.67. The third kappa shape index (κ3) is 5.88. The molecule has 0 radical (unpaired) electrons. The van der Waals surface area contributed by atoms with Gasteiger partial charge in [-0.1, -0.05) is 30.3 Å². The fraction of sp³-hybridized carbons (Fsp3) is 0.647. The maximum Gasteiger partial charge on any atom is 0.261 e. The van der Waals surface area contributed by atoms with Crippen molar-refractivity contribution in [3.63, 3.8) is 0 Å². The smallest absolute Gasteiger partial charge is 0.261 e. The van der Waals surface area contributed by atoms with Crippen LogP contribution in [0.15, 0.2) is 30.3 Å². The van der Waals surface area contributed by atoms with Crippen molar-refractivity contribution in [1.29, 1.82) is 0 Å². The molecule has 3 unspecified atom stereocenters. The Kier molecular flexibility index (Phi) is 6.19. The second kappa shape index (κ2) is 7.75. The Hall–Kier alpha value is -0.950. The van der Waals surface area contributed by atoms with Gasteiger partial charge >= 0.3 is 0 Å². The first-order valence-electron chi connectivity index (χ1n) is 8.09. The second-order valence-electron chi connectivity index (χ2n) is 6.57. The van der Waals surface area contributed by atoms with Crippen molar-refractivity contribution >= 4 is 10.1 Å². The highest BCUT2D eigenvalue weighted by Crippen LogP contribution is 2.37. The molecule has 23 heavy (non-hydrogen) atoms. The number of hydrogen-bond donors (Lipinski definition) is 1. The van der Waals surface area contributed by atoms with Gasteiger partial charge in [0.15, 0.2) is 0 Å². The molecule has 2 bridgehead atoms. The van der Waals surface area contributed by atoms with E-state index in [0.717, 1.165) is 12.1 Å². The summed E-state index contributed by atoms with van der Waals surface area (Å²) in [6.45, 7) is 2.18. The molecular formula is C17H27NO4S. The number of fused-ring (bicyclic) bond motifs is 2. The maximum absolute atomic E-state index is 9.19. The van der Waals surface area contributed by atoms with Crippen LogP contribution in [-0.2, 0) is 14.9 Å². The molecular weight excluding hydrogens is 314 g/mol. The first-order valence-corrected chi connectivity index (χ1v) is 9.93. The largest absolute Gasteiger partial charge is 0.370 e. The molecule has 5 nitrogen and oxygen atoms in total. The van der Waals surface area contributed by atoms with E-state index in [1.165, 1.54) is 31.2 Å². The SMILES string of the molecule is CC(OC1CC2CCC(C1)N2C)c1ccccc1.CS(=O)(=O)O. The Morgan fingerprint density at radius 3 is 2.13 bits per heavy atom. The summed E-state index contributed by atoms with van der Waals surface area (Å²) in [5.41, 5.74) is 1.30. The molecule has 6 heteroatoms. The highest BCUT2D eigenvalue weighted by molar-refractivity contribution is 7.85. The molecule has 130 valence electrons. The highest BCUT2D eigenvalue weighted by atomic mass is 32.2. The van der Waals surface area contributed by atoms with Gasteiger partial charge in [-0.3, -0.25) is 4.55 Å². The fourth-order valence-electron chi connectivity index (χ4n) is 3.56. The lowest BCUT2D eigenvalue weighted by Gasteiger charge is -2.37. The molecule has 2 saturated heterocycles. The summed E-state index contributed by atoms with van der Waals surface area (Å²) in [6, 6.07) is 12.1. The summed E-state index contributed by atoms with van der Waals surface area (Å²) in [4.78, 5) is 2.56. The maximum atomic E-state index is 9.19. The quantitative estimate of drug-likeness (QED) is 0.856. The van der Waals surface area contributed by atoms with Gasteiger partial charge in [0.2, 0.25) is 0 Å². The lowest BCUT2D eigenvalue weighted by molar-refractivity contribution is -0.0507. The fourth-order valence-corrected chi connectivity index (χ4v) is 3.56. The summed E-state index contributed by atoms with van der Waals surface area (Å²) in [5, 5.41) is 0. The van der Waals surface area contributed by atoms with Gasteiger partial charge < -0.3 is 9.64 Å². The van der Waals surface area contributed by atoms with Crippen molar-refractivity contribution in [3.8, 4) is 0 Å². The topological polar surface area (TPSA) is 66.8 Å². The number of rotatable bonds is 3. The molecule has 1 aromatic rings. The van der Waals surface area contributed by atoms with Crippen LogP contribution in [0.5, 0.6) is 0 Å². The Morgan fingerprint density at radius 1 is 1.17 bits per heavy atom. The van der Waals surface area contributed by atoms with E-state index in [0.29, 0.717) is 12.4 Å². The van der Waals surface area contributed by atoms with Crippen LogP contribution in [0.4, 0.5) is 0 Å². The molecule has 2 aliphatic heterocycles. The van der Waals surface area contributed by atoms with Gasteiger partial charge in [0, 0.05) is 12.1 Å². The Morgan fingerprint density at radius 2 is 1.65 bits per heavy atom. The Balaban J connectivity index is 0.000000338. The lowest BCUT2D eigenvalue weighted by Crippen LogP contribution is -2.43. The Labute approximate surface area is 139 Å². The van der Waals surface area contributed by atoms with Crippen LogP contribution >= 0.6 is 0 Å². The van der Waals surface area contributed by atoms with Crippen molar-refractivity contribution in [3.05, 3.63) is 35.9 Å². The van der Waals surface area contributed by atoms with Crippen molar-refractivity contribution in [1.82, 2.24) is 4.90 Å². The molecule has 2 heterocycles. The molecule has 3 rings (SSSR count). The number of nitrogens with zero attached hydrogens (tertiary/aromatic N) is 1. The summed E-state index contributed by atoms with van der Waals surface area (Å²) >= 11 is 0. The first-order chi connectivity index (χ1) is 10.7. The third-order valence-electron chi connectivity index (χ3n) is 4.72. The minimum absolute atomic E-state index is 0.221. The van der Waals surface area contributed by atoms with E-state index in [1.807, 2.05) is 0 Å². The van der Waals surface area contributed by atoms with Gasteiger partial charge in [-0.05, 0) is 45.2 Å². The zero-order valence-electron chi connectivity index (χ0n) is 14.1. The van der Waals surface area contributed by atoms with Crippen LogP contribution in [0.2, 0.25) is 0 Å². The van der Waals surface area contributed by atoms with E-state index in [1.54, 1.807) is 0 Å². The van der Waals surface area contributed by atoms with Gasteiger partial charge in [-0.15, -0.1) is 0 Å². The van der Waals surface area contributed by atoms with Gasteiger partial charge in [0.25, 0.3) is 10.1 Å². The number of piperidine rings is 1. The third-order valence-corrected chi connectivity index (χ3v) is 4.72. The molecule has 0 amide bonds. The zero-order valence-corrected chi connectivity index (χ0v) is 14.9. The molecule has 0 aromatic heterocycles. The van der Waals surface area contributed by atoms with Gasteiger partial charge in [0.05, 0.1) is 18.5 Å². The van der Waals surface area contributed by atoms with Crippen LogP contribution in [-0.4, -0.2) is 49.4 Å². The van der Waals surface area contributed by atoms with E-state index < -0.39 is 10.1 Å². The van der Waals surface area contributed by atoms with Crippen molar-refractivity contribution in [2.24, 2.45) is 0 Å². The van der Waals surface area contributed by atoms with Crippen LogP contribution < -0.4 is 0 Å². The van der Waals surface area contributed by atoms with E-state index in [4.69, 9.17) is 9.29 Å². The average Bonchev–Trinajstić information content (AvgIpc) is 2.69. The second-order valence-corrected chi connectivity index (χ2v) is 8.03. The number of hydrogen-bond acceptors (Lipinski definition) is 4. The summed E-state index contributed by atoms with van der Waals surface area (Å²) < 4.78 is 32.1. The molecule has 1 aromatic carbocycles. The molecule has 1 N–H and O–H groups in total. The molecule has 0 saturated carbocycles. The Bertz CT molecular complexity index is 568. The number of benzene rings is 1. The molecule has 2 fully saturated rings. The van der Waals surface area contributed by atoms with Crippen LogP contribution in [0, 0.1) is 0 Å². The van der Waals surface area contributed by atoms with Crippen molar-refractivity contribution < 1.29 is 17.7 Å². The molecule has 0 aliphatic carbocycles. The summed E-state index contributed by atoms with van der Waals surface area (Å²) in [7, 11) is -1.39. The number of ether oxygens (including phenoxy) is 1. The summed E-state index contributed by atoms with van der Waals surface area (Å²) in [6.07, 6.45) is 6.54. The van der Waals surface area contributed by atoms with Gasteiger partial charge in [0.1, 0.15) is 0 Å². The van der Waals surface area contributed by atoms with E-state index >= 15 is 0 Å². The van der Waals surface area contributed by atoms with Gasteiger partial charge in [-0.25, -0.2) is 0 Å². The van der Waals surface area contributed by atoms with E-state index in [-0.39, 0.29) is 6.10 Å². The summed E-state index contributed by atoms with van der Waals surface area (Å²) in [5.74, 6) is 0. The molecule has 2 aliphatic rings. The van der Waals surface area contributed by atoms with Crippen molar-refractivity contribution in [2.75, 3.05) is 13.3 Å². The average molecular weight is 341 g/mol. The monoisotopic (exact) mass is 341 g/mol. The van der Waals surface area contributed by atoms with Crippen LogP contribution in [0.25, 0.3) is 0 Å². The van der Waals surface area contributed by atoms with E-state index in [9.17, 15) is 8.42 Å². The predicted octanol–water partition coefficient (Wildman–Crippen LogP) is 2.89. The standard InChI is InChI=1S/C16H23NO.CH4O3S/c1-12(13-6-4-3-5-7-13)18-16-10-14-8-9-15(11-16)17(14)2;1-5(2,3)4/h3-7,12,14-16H,8-11H2,1-2H3;1H3,(H,2,3,4). The van der Waals surface area contributed by atoms with Gasteiger partial charge in [-0.2, -0.15) is 8.42 Å². The highest BCUT2D eigenvalue weighted by Gasteiger charge is 2.39. The lowest BCUT2D eigenvalue weighted by atomic mass is 10.00. The van der Waals surface area contributed by atoms with E-state index in [2.05, 4.69) is 49.2 Å². The predicted molar refractivity (Wildman–Crippen MR) is 91.0 cm³/mol. The van der Waals surface area contributed by atoms with Crippen molar-refractivity contribution in [2.45, 2.75) is 56.9 Å². The van der Waals surface area contributed by atoms with Crippen LogP contribution in [0.1, 0.15) is 44.3 Å². The molecule has 0 spiro atoms.